The highest BCUT2D eigenvalue weighted by molar-refractivity contribution is 7.49. The van der Waals surface area contributed by atoms with E-state index in [2.05, 4.69) is 11.0 Å². The highest BCUT2D eigenvalue weighted by Crippen LogP contribution is 2.52. The monoisotopic (exact) mass is 557 g/mol. The van der Waals surface area contributed by atoms with E-state index in [-0.39, 0.29) is 5.75 Å². The quantitative estimate of drug-likeness (QED) is 0.187. The minimum absolute atomic E-state index is 0.0975. The van der Waals surface area contributed by atoms with Gasteiger partial charge in [0.2, 0.25) is 0 Å². The van der Waals surface area contributed by atoms with Gasteiger partial charge in [0.1, 0.15) is 24.2 Å². The Morgan fingerprint density at radius 3 is 2.62 bits per heavy atom. The van der Waals surface area contributed by atoms with Crippen molar-refractivity contribution in [3.63, 3.8) is 0 Å². The van der Waals surface area contributed by atoms with Gasteiger partial charge in [0.15, 0.2) is 17.2 Å². The molecule has 0 amide bonds. The molecule has 0 aliphatic carbocycles. The van der Waals surface area contributed by atoms with Crippen molar-refractivity contribution in [2.24, 2.45) is 0 Å². The van der Waals surface area contributed by atoms with Gasteiger partial charge in [0, 0.05) is 0 Å². The number of rotatable bonds is 10. The van der Waals surface area contributed by atoms with Gasteiger partial charge < -0.3 is 19.1 Å². The Hall–Kier alpha value is -2.98. The second-order valence-electron chi connectivity index (χ2n) is 8.15. The number of nitrogens with one attached hydrogen (secondary N) is 1. The van der Waals surface area contributed by atoms with Crippen molar-refractivity contribution in [1.29, 1.82) is 0 Å². The summed E-state index contributed by atoms with van der Waals surface area (Å²) in [4.78, 5) is 35.8. The molecule has 1 aliphatic rings. The number of aliphatic hydroxyl groups excluding tert-OH is 1. The summed E-state index contributed by atoms with van der Waals surface area (Å²) in [6, 6.07) is 7.85. The van der Waals surface area contributed by atoms with Crippen LogP contribution in [0.2, 0.25) is 0 Å². The van der Waals surface area contributed by atoms with Crippen LogP contribution in [-0.2, 0) is 27.9 Å². The number of aromatic amines is 1. The van der Waals surface area contributed by atoms with E-state index in [0.717, 1.165) is 6.20 Å². The number of hydrogen-bond donors (Lipinski definition) is 2. The van der Waals surface area contributed by atoms with Crippen molar-refractivity contribution in [3.8, 4) is 18.1 Å². The molecule has 13 nitrogen and oxygen atoms in total. The van der Waals surface area contributed by atoms with E-state index >= 15 is 0 Å². The van der Waals surface area contributed by atoms with Gasteiger partial charge in [-0.1, -0.05) is 35.7 Å². The van der Waals surface area contributed by atoms with Crippen molar-refractivity contribution >= 4 is 25.4 Å². The summed E-state index contributed by atoms with van der Waals surface area (Å²) in [5, 5.41) is 14.5. The number of aliphatic hydroxyl groups is 1. The summed E-state index contributed by atoms with van der Waals surface area (Å²) < 4.78 is 41.1. The first kappa shape index (κ1) is 28.6. The molecule has 37 heavy (non-hydrogen) atoms. The fourth-order valence-electron chi connectivity index (χ4n) is 3.23. The van der Waals surface area contributed by atoms with Crippen molar-refractivity contribution < 1.29 is 37.5 Å². The molecule has 6 atom stereocenters. The fourth-order valence-corrected chi connectivity index (χ4v) is 4.85. The average molecular weight is 558 g/mol. The maximum absolute atomic E-state index is 13.5. The van der Waals surface area contributed by atoms with Gasteiger partial charge in [-0.25, -0.2) is 14.2 Å². The zero-order valence-corrected chi connectivity index (χ0v) is 21.6. The van der Waals surface area contributed by atoms with Crippen LogP contribution in [0, 0.1) is 12.3 Å². The number of aromatic nitrogens is 3. The minimum atomic E-state index is -4.55. The Bertz CT molecular complexity index is 1310. The molecule has 1 saturated heterocycles. The van der Waals surface area contributed by atoms with Crippen molar-refractivity contribution in [1.82, 2.24) is 14.8 Å². The smallest absolute Gasteiger partial charge is 0.461 e. The number of phosphoric acid groups is 1. The Kier molecular flexibility index (Phi) is 8.96. The summed E-state index contributed by atoms with van der Waals surface area (Å²) in [5.41, 5.74) is -1.77. The molecule has 2 aromatic rings. The number of terminal acetylenes is 1. The zero-order chi connectivity index (χ0) is 27.4. The Morgan fingerprint density at radius 1 is 1.35 bits per heavy atom. The lowest BCUT2D eigenvalue weighted by atomic mass is 10.00. The number of benzene rings is 1. The maximum Gasteiger partial charge on any atom is 0.530 e. The van der Waals surface area contributed by atoms with Gasteiger partial charge in [-0.05, 0) is 32.9 Å². The van der Waals surface area contributed by atoms with E-state index in [9.17, 15) is 24.1 Å². The first-order valence-electron chi connectivity index (χ1n) is 10.9. The number of esters is 1. The second-order valence-corrected chi connectivity index (χ2v) is 10.3. The van der Waals surface area contributed by atoms with Gasteiger partial charge in [-0.15, -0.1) is 6.42 Å². The van der Waals surface area contributed by atoms with Crippen LogP contribution in [0.15, 0.2) is 46.1 Å². The van der Waals surface area contributed by atoms with Crippen LogP contribution in [0.25, 0.3) is 0 Å². The molecule has 1 aromatic heterocycles. The summed E-state index contributed by atoms with van der Waals surface area (Å²) in [7, 11) is -4.55. The Morgan fingerprint density at radius 2 is 2.03 bits per heavy atom. The molecule has 0 spiro atoms. The van der Waals surface area contributed by atoms with E-state index in [1.165, 1.54) is 19.1 Å². The van der Waals surface area contributed by atoms with E-state index in [1.807, 2.05) is 4.98 Å². The van der Waals surface area contributed by atoms with Crippen molar-refractivity contribution in [3.05, 3.63) is 57.4 Å². The summed E-state index contributed by atoms with van der Waals surface area (Å²) in [6.07, 6.45) is -0.0832. The highest BCUT2D eigenvalue weighted by atomic mass is 35.5. The van der Waals surface area contributed by atoms with E-state index < -0.39 is 67.2 Å². The average Bonchev–Trinajstić information content (AvgIpc) is 3.08. The minimum Gasteiger partial charge on any atom is -0.461 e. The standard InChI is InChI=1S/C22H25ClN3O10P/c1-5-22(23)18(28)16(34-20(22)26-21(30)25-17(27)11-24-26)12-32-37(31,36-15-9-7-6-8-10-15)35-14(4)19(29)33-13(2)3/h1,6-11,13-14,16,18,20,28H,12H2,2-4H3,(H,25,27,30)/t14-,16+,18-,20+,22?,37-/m0/s1. The van der Waals surface area contributed by atoms with Gasteiger partial charge >= 0.3 is 19.5 Å². The molecule has 15 heteroatoms. The number of H-pyrrole nitrogens is 1. The number of ether oxygens (including phenoxy) is 2. The summed E-state index contributed by atoms with van der Waals surface area (Å²) >= 11 is 6.42. The van der Waals surface area contributed by atoms with Crippen LogP contribution in [0.3, 0.4) is 0 Å². The number of para-hydroxylation sites is 1. The third-order valence-electron chi connectivity index (χ3n) is 4.95. The lowest BCUT2D eigenvalue weighted by Crippen LogP contribution is -2.45. The van der Waals surface area contributed by atoms with E-state index in [0.29, 0.717) is 4.68 Å². The predicted molar refractivity (Wildman–Crippen MR) is 129 cm³/mol. The molecule has 3 rings (SSSR count). The highest BCUT2D eigenvalue weighted by Gasteiger charge is 2.57. The lowest BCUT2D eigenvalue weighted by molar-refractivity contribution is -0.156. The lowest BCUT2D eigenvalue weighted by Gasteiger charge is -2.25. The van der Waals surface area contributed by atoms with Gasteiger partial charge in [-0.3, -0.25) is 18.8 Å². The summed E-state index contributed by atoms with van der Waals surface area (Å²) in [5.74, 6) is 1.44. The molecular weight excluding hydrogens is 533 g/mol. The summed E-state index contributed by atoms with van der Waals surface area (Å²) in [6.45, 7) is 3.89. The third-order valence-corrected chi connectivity index (χ3v) is 6.95. The normalized spacial score (nSPS) is 25.7. The van der Waals surface area contributed by atoms with Crippen LogP contribution >= 0.6 is 19.4 Å². The number of carbonyl (C=O) groups is 1. The van der Waals surface area contributed by atoms with Crippen molar-refractivity contribution in [2.75, 3.05) is 6.61 Å². The van der Waals surface area contributed by atoms with Gasteiger partial charge in [0.05, 0.1) is 12.7 Å². The van der Waals surface area contributed by atoms with Crippen LogP contribution in [0.1, 0.15) is 27.0 Å². The zero-order valence-electron chi connectivity index (χ0n) is 20.0. The fraction of sp³-hybridized carbons (Fsp3) is 0.455. The van der Waals surface area contributed by atoms with Crippen LogP contribution in [0.5, 0.6) is 5.75 Å². The SMILES string of the molecule is C#CC1(Cl)[C@@H](O)[C@@H](CO[P@](=O)(Oc2ccccc2)O[C@@H](C)C(=O)OC(C)C)O[C@H]1n1ncc(=O)[nH]c1=O. The number of hydrogen-bond acceptors (Lipinski definition) is 11. The number of phosphoric ester groups is 1. The van der Waals surface area contributed by atoms with E-state index in [4.69, 9.17) is 41.1 Å². The molecule has 1 aromatic carbocycles. The molecule has 0 bridgehead atoms. The second kappa shape index (κ2) is 11.6. The van der Waals surface area contributed by atoms with Crippen molar-refractivity contribution in [2.45, 2.75) is 56.3 Å². The number of halogens is 1. The first-order valence-corrected chi connectivity index (χ1v) is 12.8. The molecule has 2 N–H and O–H groups in total. The first-order chi connectivity index (χ1) is 17.4. The molecule has 1 aliphatic heterocycles. The number of nitrogens with zero attached hydrogens (tertiary/aromatic N) is 2. The topological polar surface area (TPSA) is 168 Å². The number of alkyl halides is 1. The van der Waals surface area contributed by atoms with E-state index in [1.54, 1.807) is 32.0 Å². The Balaban J connectivity index is 1.84. The molecule has 1 fully saturated rings. The molecular formula is C22H25ClN3O10P. The largest absolute Gasteiger partial charge is 0.530 e. The Labute approximate surface area is 216 Å². The van der Waals surface area contributed by atoms with Gasteiger partial charge in [0.25, 0.3) is 5.56 Å². The van der Waals surface area contributed by atoms with Gasteiger partial charge in [-0.2, -0.15) is 9.78 Å². The molecule has 0 radical (unpaired) electrons. The maximum atomic E-state index is 13.5. The predicted octanol–water partition coefficient (Wildman–Crippen LogP) is 1.36. The third kappa shape index (κ3) is 6.67. The molecule has 200 valence electrons. The molecule has 1 unspecified atom stereocenters. The molecule has 0 saturated carbocycles. The van der Waals surface area contributed by atoms with Crippen LogP contribution < -0.4 is 15.8 Å². The number of carbonyl (C=O) groups excluding carboxylic acids is 1. The molecule has 2 heterocycles. The van der Waals surface area contributed by atoms with Crippen LogP contribution in [0.4, 0.5) is 0 Å². The van der Waals surface area contributed by atoms with Crippen LogP contribution in [-0.4, -0.2) is 61.7 Å².